The number of ether oxygens (including phenoxy) is 1. The second-order valence-electron chi connectivity index (χ2n) is 8.20. The van der Waals surface area contributed by atoms with Crippen molar-refractivity contribution in [2.24, 2.45) is 11.8 Å². The maximum absolute atomic E-state index is 13.0. The molecule has 182 valence electrons. The van der Waals surface area contributed by atoms with Crippen molar-refractivity contribution in [3.8, 4) is 5.75 Å². The molecule has 2 aromatic rings. The molecule has 8 nitrogen and oxygen atoms in total. The van der Waals surface area contributed by atoms with E-state index in [9.17, 15) is 24.3 Å². The number of benzene rings is 2. The molecule has 0 radical (unpaired) electrons. The summed E-state index contributed by atoms with van der Waals surface area (Å²) in [6.07, 6.45) is 4.37. The number of methoxy groups -OCH3 is 1. The quantitative estimate of drug-likeness (QED) is 0.416. The van der Waals surface area contributed by atoms with Crippen LogP contribution in [-0.4, -0.2) is 41.2 Å². The number of thioether (sulfide) groups is 1. The maximum Gasteiger partial charge on any atom is 0.307 e. The predicted octanol–water partition coefficient (Wildman–Crippen LogP) is 4.38. The zero-order chi connectivity index (χ0) is 25.1. The Morgan fingerprint density at radius 1 is 1.09 bits per heavy atom. The van der Waals surface area contributed by atoms with E-state index in [-0.39, 0.29) is 24.1 Å². The summed E-state index contributed by atoms with van der Waals surface area (Å²) in [5, 5.41) is 11.9. The van der Waals surface area contributed by atoms with Gasteiger partial charge in [-0.15, -0.1) is 11.8 Å². The molecule has 1 fully saturated rings. The molecule has 3 amide bonds. The van der Waals surface area contributed by atoms with Gasteiger partial charge in [-0.1, -0.05) is 23.8 Å². The number of imide groups is 1. The van der Waals surface area contributed by atoms with Crippen LogP contribution in [0.2, 0.25) is 5.02 Å². The highest BCUT2D eigenvalue weighted by Gasteiger charge is 2.40. The second-order valence-corrected chi connectivity index (χ2v) is 9.89. The normalized spacial score (nSPS) is 21.8. The van der Waals surface area contributed by atoms with Gasteiger partial charge in [0.1, 0.15) is 5.75 Å². The molecule has 3 atom stereocenters. The summed E-state index contributed by atoms with van der Waals surface area (Å²) in [5.41, 5.74) is 0.922. The molecule has 35 heavy (non-hydrogen) atoms. The van der Waals surface area contributed by atoms with Crippen molar-refractivity contribution in [1.29, 1.82) is 0 Å². The summed E-state index contributed by atoms with van der Waals surface area (Å²) in [6.45, 7) is 0. The van der Waals surface area contributed by atoms with Crippen LogP contribution < -0.4 is 15.0 Å². The zero-order valence-corrected chi connectivity index (χ0v) is 20.3. The molecule has 1 saturated heterocycles. The minimum absolute atomic E-state index is 0.0530. The van der Waals surface area contributed by atoms with Crippen LogP contribution in [0.1, 0.15) is 19.3 Å². The Labute approximate surface area is 211 Å². The van der Waals surface area contributed by atoms with Crippen molar-refractivity contribution in [2.45, 2.75) is 29.4 Å². The molecule has 3 unspecified atom stereocenters. The van der Waals surface area contributed by atoms with Gasteiger partial charge in [-0.05, 0) is 55.3 Å². The average molecular weight is 515 g/mol. The average Bonchev–Trinajstić information content (AvgIpc) is 3.12. The van der Waals surface area contributed by atoms with Crippen molar-refractivity contribution in [2.75, 3.05) is 17.3 Å². The van der Waals surface area contributed by atoms with Crippen LogP contribution in [0.3, 0.4) is 0 Å². The van der Waals surface area contributed by atoms with E-state index in [2.05, 4.69) is 5.32 Å². The Morgan fingerprint density at radius 3 is 2.40 bits per heavy atom. The van der Waals surface area contributed by atoms with E-state index in [0.717, 1.165) is 9.80 Å². The molecule has 4 rings (SSSR count). The molecule has 10 heteroatoms. The van der Waals surface area contributed by atoms with Crippen molar-refractivity contribution in [3.05, 3.63) is 59.6 Å². The van der Waals surface area contributed by atoms with Crippen LogP contribution in [0.4, 0.5) is 11.4 Å². The third-order valence-electron chi connectivity index (χ3n) is 5.99. The molecule has 1 heterocycles. The van der Waals surface area contributed by atoms with Crippen LogP contribution in [0.5, 0.6) is 5.75 Å². The minimum Gasteiger partial charge on any atom is -0.495 e. The summed E-state index contributed by atoms with van der Waals surface area (Å²) in [7, 11) is 1.48. The molecule has 2 N–H and O–H groups in total. The molecule has 2 aromatic carbocycles. The molecular formula is C25H23ClN2O6S. The molecule has 0 aromatic heterocycles. The number of rotatable bonds is 7. The van der Waals surface area contributed by atoms with Gasteiger partial charge in [-0.25, -0.2) is 4.90 Å². The lowest BCUT2D eigenvalue weighted by molar-refractivity contribution is -0.146. The lowest BCUT2D eigenvalue weighted by Gasteiger charge is -2.24. The van der Waals surface area contributed by atoms with Gasteiger partial charge in [0.05, 0.1) is 34.9 Å². The van der Waals surface area contributed by atoms with Gasteiger partial charge in [-0.2, -0.15) is 0 Å². The van der Waals surface area contributed by atoms with E-state index in [1.165, 1.54) is 24.9 Å². The smallest absolute Gasteiger partial charge is 0.307 e. The Hall–Kier alpha value is -3.30. The van der Waals surface area contributed by atoms with Crippen LogP contribution in [0.15, 0.2) is 59.5 Å². The van der Waals surface area contributed by atoms with E-state index < -0.39 is 23.1 Å². The van der Waals surface area contributed by atoms with Gasteiger partial charge in [-0.3, -0.25) is 19.2 Å². The number of carbonyl (C=O) groups excluding carboxylic acids is 3. The highest BCUT2D eigenvalue weighted by molar-refractivity contribution is 8.00. The first kappa shape index (κ1) is 24.8. The molecule has 1 aliphatic heterocycles. The van der Waals surface area contributed by atoms with Crippen LogP contribution in [-0.2, 0) is 19.2 Å². The summed E-state index contributed by atoms with van der Waals surface area (Å²) in [6, 6.07) is 11.6. The van der Waals surface area contributed by atoms with Gasteiger partial charge in [0.25, 0.3) is 0 Å². The number of anilines is 2. The Kier molecular flexibility index (Phi) is 7.47. The van der Waals surface area contributed by atoms with E-state index in [4.69, 9.17) is 16.3 Å². The lowest BCUT2D eigenvalue weighted by Crippen LogP contribution is -2.34. The van der Waals surface area contributed by atoms with E-state index in [1.807, 2.05) is 6.08 Å². The Morgan fingerprint density at radius 2 is 1.77 bits per heavy atom. The lowest BCUT2D eigenvalue weighted by atomic mass is 9.82. The SMILES string of the molecule is COc1ccc(N2C(=O)CC(Sc3ccc(NC(=O)C4CC=CCC4C(=O)O)cc3)C2=O)cc1Cl. The number of hydrogen-bond acceptors (Lipinski definition) is 6. The minimum atomic E-state index is -0.983. The number of halogens is 1. The van der Waals surface area contributed by atoms with Crippen molar-refractivity contribution in [3.63, 3.8) is 0 Å². The second kappa shape index (κ2) is 10.5. The first-order valence-electron chi connectivity index (χ1n) is 10.9. The van der Waals surface area contributed by atoms with Crippen LogP contribution in [0, 0.1) is 11.8 Å². The number of hydrogen-bond donors (Lipinski definition) is 2. The Balaban J connectivity index is 1.40. The summed E-state index contributed by atoms with van der Waals surface area (Å²) < 4.78 is 5.12. The van der Waals surface area contributed by atoms with Crippen molar-refractivity contribution >= 4 is 58.4 Å². The van der Waals surface area contributed by atoms with Crippen LogP contribution >= 0.6 is 23.4 Å². The Bertz CT molecular complexity index is 1200. The third kappa shape index (κ3) is 5.36. The van der Waals surface area contributed by atoms with E-state index in [1.54, 1.807) is 42.5 Å². The summed E-state index contributed by atoms with van der Waals surface area (Å²) in [4.78, 5) is 51.5. The van der Waals surface area contributed by atoms with Gasteiger partial charge in [0, 0.05) is 17.0 Å². The molecule has 2 aliphatic rings. The fourth-order valence-electron chi connectivity index (χ4n) is 4.15. The van der Waals surface area contributed by atoms with Gasteiger partial charge in [0.15, 0.2) is 0 Å². The summed E-state index contributed by atoms with van der Waals surface area (Å²) in [5.74, 6) is -2.90. The fraction of sp³-hybridized carbons (Fsp3) is 0.280. The third-order valence-corrected chi connectivity index (χ3v) is 7.48. The summed E-state index contributed by atoms with van der Waals surface area (Å²) >= 11 is 7.42. The highest BCUT2D eigenvalue weighted by Crippen LogP contribution is 2.37. The number of carboxylic acid groups (broad SMARTS) is 1. The maximum atomic E-state index is 13.0. The molecule has 0 spiro atoms. The number of aliphatic carboxylic acids is 1. The molecular weight excluding hydrogens is 492 g/mol. The van der Waals surface area contributed by atoms with Crippen molar-refractivity contribution < 1.29 is 29.0 Å². The molecule has 0 saturated carbocycles. The number of carbonyl (C=O) groups is 4. The monoisotopic (exact) mass is 514 g/mol. The number of carboxylic acids is 1. The number of nitrogens with zero attached hydrogens (tertiary/aromatic N) is 1. The first-order chi connectivity index (χ1) is 16.8. The first-order valence-corrected chi connectivity index (χ1v) is 12.2. The zero-order valence-electron chi connectivity index (χ0n) is 18.8. The topological polar surface area (TPSA) is 113 Å². The standard InChI is InChI=1S/C25H23ClN2O6S/c1-34-20-11-8-15(12-19(20)26)28-22(29)13-21(24(28)31)35-16-9-6-14(7-10-16)27-23(30)17-4-2-3-5-18(17)25(32)33/h2-3,6-12,17-18,21H,4-5,13H2,1H3,(H,27,30)(H,32,33). The highest BCUT2D eigenvalue weighted by atomic mass is 35.5. The van der Waals surface area contributed by atoms with Gasteiger partial charge >= 0.3 is 5.97 Å². The van der Waals surface area contributed by atoms with E-state index in [0.29, 0.717) is 35.0 Å². The van der Waals surface area contributed by atoms with Crippen molar-refractivity contribution in [1.82, 2.24) is 0 Å². The van der Waals surface area contributed by atoms with Gasteiger partial charge in [0.2, 0.25) is 17.7 Å². The number of nitrogens with one attached hydrogen (secondary N) is 1. The largest absolute Gasteiger partial charge is 0.495 e. The number of allylic oxidation sites excluding steroid dienone is 2. The molecule has 1 aliphatic carbocycles. The predicted molar refractivity (Wildman–Crippen MR) is 133 cm³/mol. The molecule has 0 bridgehead atoms. The van der Waals surface area contributed by atoms with Crippen LogP contribution in [0.25, 0.3) is 0 Å². The van der Waals surface area contributed by atoms with E-state index >= 15 is 0 Å². The fourth-order valence-corrected chi connectivity index (χ4v) is 5.46. The van der Waals surface area contributed by atoms with Gasteiger partial charge < -0.3 is 15.2 Å². The number of amides is 3.